The van der Waals surface area contributed by atoms with Gasteiger partial charge in [-0.3, -0.25) is 9.35 Å². The molecule has 0 spiro atoms. The van der Waals surface area contributed by atoms with Crippen molar-refractivity contribution in [3.63, 3.8) is 0 Å². The second-order valence-electron chi connectivity index (χ2n) is 5.80. The summed E-state index contributed by atoms with van der Waals surface area (Å²) >= 11 is 5.25. The van der Waals surface area contributed by atoms with Crippen molar-refractivity contribution < 1.29 is 40.4 Å². The van der Waals surface area contributed by atoms with Crippen LogP contribution in [0.1, 0.15) is 27.9 Å². The topological polar surface area (TPSA) is 89.9 Å². The second kappa shape index (κ2) is 9.57. The van der Waals surface area contributed by atoms with Gasteiger partial charge in [0.25, 0.3) is 15.4 Å². The second-order valence-corrected chi connectivity index (χ2v) is 7.54. The van der Waals surface area contributed by atoms with Gasteiger partial charge in [0.2, 0.25) is 0 Å². The maximum absolute atomic E-state index is 13.2. The summed E-state index contributed by atoms with van der Waals surface area (Å²) in [5, 5.41) is -1.57. The fraction of sp³-hybridized carbons (Fsp3) is 0.278. The Hall–Kier alpha value is -2.14. The van der Waals surface area contributed by atoms with Gasteiger partial charge in [-0.1, -0.05) is 30.3 Å². The molecule has 158 valence electrons. The molecule has 0 bridgehead atoms. The number of alkyl halides is 3. The van der Waals surface area contributed by atoms with Crippen molar-refractivity contribution in [1.82, 2.24) is 0 Å². The zero-order valence-electron chi connectivity index (χ0n) is 14.8. The highest BCUT2D eigenvalue weighted by molar-refractivity contribution is 7.86. The molecule has 0 aliphatic rings. The summed E-state index contributed by atoms with van der Waals surface area (Å²) in [5.41, 5.74) is -1.74. The van der Waals surface area contributed by atoms with E-state index in [1.807, 2.05) is 30.3 Å². The van der Waals surface area contributed by atoms with Crippen molar-refractivity contribution in [3.05, 3.63) is 59.2 Å². The molecule has 0 fully saturated rings. The zero-order chi connectivity index (χ0) is 21.7. The lowest BCUT2D eigenvalue weighted by Crippen LogP contribution is -2.16. The standard InChI is InChI=1S/C18H16ClF3O6S/c19-17(23)15-13(18(20,21)22)7-8-14(29(24,25)26)16(15)28-10-4-9-27-11-12-5-2-1-3-6-12/h1-3,5-8H,4,9-11H2,(H,24,25,26). The fourth-order valence-electron chi connectivity index (χ4n) is 2.44. The van der Waals surface area contributed by atoms with Crippen molar-refractivity contribution >= 4 is 27.0 Å². The molecule has 0 atom stereocenters. The van der Waals surface area contributed by atoms with Gasteiger partial charge in [0, 0.05) is 6.42 Å². The third-order valence-corrected chi connectivity index (χ3v) is 4.76. The zero-order valence-corrected chi connectivity index (χ0v) is 16.4. The Balaban J connectivity index is 2.15. The number of hydrogen-bond acceptors (Lipinski definition) is 5. The van der Waals surface area contributed by atoms with E-state index < -0.39 is 43.3 Å². The minimum Gasteiger partial charge on any atom is -0.491 e. The average Bonchev–Trinajstić information content (AvgIpc) is 2.63. The number of hydrogen-bond donors (Lipinski definition) is 1. The molecule has 0 saturated heterocycles. The van der Waals surface area contributed by atoms with Crippen LogP contribution < -0.4 is 4.74 Å². The molecule has 2 aromatic carbocycles. The third kappa shape index (κ3) is 6.43. The van der Waals surface area contributed by atoms with E-state index in [1.54, 1.807) is 0 Å². The predicted octanol–water partition coefficient (Wildman–Crippen LogP) is 4.32. The number of benzene rings is 2. The monoisotopic (exact) mass is 452 g/mol. The number of rotatable bonds is 9. The molecule has 2 aromatic rings. The summed E-state index contributed by atoms with van der Waals surface area (Å²) in [6.45, 7) is 0.168. The SMILES string of the molecule is O=C(Cl)c1c(C(F)(F)F)ccc(S(=O)(=O)O)c1OCCCOCc1ccccc1. The van der Waals surface area contributed by atoms with Gasteiger partial charge in [-0.05, 0) is 29.3 Å². The number of carbonyl (C=O) groups excluding carboxylic acids is 1. The summed E-state index contributed by atoms with van der Waals surface area (Å²) in [5.74, 6) is -0.953. The Morgan fingerprint density at radius 1 is 1.07 bits per heavy atom. The molecule has 11 heteroatoms. The van der Waals surface area contributed by atoms with Gasteiger partial charge in [-0.2, -0.15) is 21.6 Å². The first-order chi connectivity index (χ1) is 13.5. The van der Waals surface area contributed by atoms with Gasteiger partial charge in [0.05, 0.1) is 30.9 Å². The molecule has 6 nitrogen and oxygen atoms in total. The smallest absolute Gasteiger partial charge is 0.417 e. The Kier molecular flexibility index (Phi) is 7.64. The van der Waals surface area contributed by atoms with Crippen LogP contribution in [0.25, 0.3) is 0 Å². The normalized spacial score (nSPS) is 12.0. The lowest BCUT2D eigenvalue weighted by molar-refractivity contribution is -0.138. The van der Waals surface area contributed by atoms with Gasteiger partial charge in [0.1, 0.15) is 4.90 Å². The summed E-state index contributed by atoms with van der Waals surface area (Å²) in [6, 6.07) is 10.0. The maximum atomic E-state index is 13.2. The summed E-state index contributed by atoms with van der Waals surface area (Å²) < 4.78 is 82.3. The van der Waals surface area contributed by atoms with Crippen molar-refractivity contribution in [2.45, 2.75) is 24.1 Å². The highest BCUT2D eigenvalue weighted by Crippen LogP contribution is 2.40. The molecule has 1 N–H and O–H groups in total. The average molecular weight is 453 g/mol. The summed E-state index contributed by atoms with van der Waals surface area (Å²) in [7, 11) is -4.97. The van der Waals surface area contributed by atoms with E-state index >= 15 is 0 Å². The molecule has 0 radical (unpaired) electrons. The number of ether oxygens (including phenoxy) is 2. The predicted molar refractivity (Wildman–Crippen MR) is 97.7 cm³/mol. The number of halogens is 4. The van der Waals surface area contributed by atoms with Crippen LogP contribution in [0.4, 0.5) is 13.2 Å². The van der Waals surface area contributed by atoms with Crippen LogP contribution in [-0.4, -0.2) is 31.4 Å². The molecular formula is C18H16ClF3O6S. The highest BCUT2D eigenvalue weighted by atomic mass is 35.5. The summed E-state index contributed by atoms with van der Waals surface area (Å²) in [6.07, 6.45) is -4.82. The third-order valence-electron chi connectivity index (χ3n) is 3.69. The van der Waals surface area contributed by atoms with Crippen LogP contribution in [0.5, 0.6) is 5.75 Å². The Morgan fingerprint density at radius 3 is 2.28 bits per heavy atom. The molecule has 2 rings (SSSR count). The van der Waals surface area contributed by atoms with E-state index in [4.69, 9.17) is 21.1 Å². The molecule has 0 saturated carbocycles. The highest BCUT2D eigenvalue weighted by Gasteiger charge is 2.39. The minimum atomic E-state index is -4.99. The molecule has 0 aromatic heterocycles. The summed E-state index contributed by atoms with van der Waals surface area (Å²) in [4.78, 5) is 10.6. The molecule has 0 heterocycles. The molecule has 0 aliphatic heterocycles. The quantitative estimate of drug-likeness (QED) is 0.346. The van der Waals surface area contributed by atoms with Crippen molar-refractivity contribution in [2.24, 2.45) is 0 Å². The molecule has 0 amide bonds. The fourth-order valence-corrected chi connectivity index (χ4v) is 3.26. The first-order valence-electron chi connectivity index (χ1n) is 8.18. The van der Waals surface area contributed by atoms with Crippen LogP contribution in [0, 0.1) is 0 Å². The molecular weight excluding hydrogens is 437 g/mol. The van der Waals surface area contributed by atoms with Gasteiger partial charge < -0.3 is 9.47 Å². The van der Waals surface area contributed by atoms with E-state index in [0.29, 0.717) is 18.7 Å². The van der Waals surface area contributed by atoms with Gasteiger partial charge in [-0.25, -0.2) is 0 Å². The maximum Gasteiger partial charge on any atom is 0.417 e. The Morgan fingerprint density at radius 2 is 1.72 bits per heavy atom. The van der Waals surface area contributed by atoms with Crippen molar-refractivity contribution in [2.75, 3.05) is 13.2 Å². The molecule has 0 unspecified atom stereocenters. The van der Waals surface area contributed by atoms with E-state index in [9.17, 15) is 30.9 Å². The Labute approximate surface area is 169 Å². The van der Waals surface area contributed by atoms with Crippen molar-refractivity contribution in [3.8, 4) is 5.75 Å². The number of carbonyl (C=O) groups is 1. The lowest BCUT2D eigenvalue weighted by atomic mass is 10.1. The van der Waals surface area contributed by atoms with Crippen LogP contribution in [0.15, 0.2) is 47.4 Å². The van der Waals surface area contributed by atoms with Gasteiger partial charge in [-0.15, -0.1) is 0 Å². The minimum absolute atomic E-state index is 0.152. The Bertz CT molecular complexity index is 962. The largest absolute Gasteiger partial charge is 0.491 e. The van der Waals surface area contributed by atoms with Crippen LogP contribution in [0.2, 0.25) is 0 Å². The first kappa shape index (κ1) is 23.1. The van der Waals surface area contributed by atoms with Crippen molar-refractivity contribution in [1.29, 1.82) is 0 Å². The van der Waals surface area contributed by atoms with E-state index in [2.05, 4.69) is 0 Å². The van der Waals surface area contributed by atoms with E-state index in [0.717, 1.165) is 5.56 Å². The van der Waals surface area contributed by atoms with Crippen LogP contribution in [-0.2, 0) is 27.6 Å². The first-order valence-corrected chi connectivity index (χ1v) is 9.99. The van der Waals surface area contributed by atoms with Crippen LogP contribution >= 0.6 is 11.6 Å². The van der Waals surface area contributed by atoms with E-state index in [1.165, 1.54) is 0 Å². The van der Waals surface area contributed by atoms with E-state index in [-0.39, 0.29) is 19.6 Å². The van der Waals surface area contributed by atoms with Gasteiger partial charge >= 0.3 is 6.18 Å². The van der Waals surface area contributed by atoms with Gasteiger partial charge in [0.15, 0.2) is 5.75 Å². The van der Waals surface area contributed by atoms with Crippen LogP contribution in [0.3, 0.4) is 0 Å². The lowest BCUT2D eigenvalue weighted by Gasteiger charge is -2.17. The molecule has 29 heavy (non-hydrogen) atoms. The molecule has 0 aliphatic carbocycles.